The molecule has 0 aromatic heterocycles. The molecule has 0 aliphatic heterocycles. The molecule has 0 saturated heterocycles. The second kappa shape index (κ2) is 2.65. The molecule has 1 aromatic rings. The summed E-state index contributed by atoms with van der Waals surface area (Å²) < 4.78 is 0. The first-order chi connectivity index (χ1) is 4.30. The second-order valence-electron chi connectivity index (χ2n) is 1.64. The summed E-state index contributed by atoms with van der Waals surface area (Å²) in [5.74, 6) is 0. The van der Waals surface area contributed by atoms with E-state index in [1.54, 1.807) is 24.3 Å². The van der Waals surface area contributed by atoms with Gasteiger partial charge < -0.3 is 0 Å². The molecule has 0 atom stereocenters. The van der Waals surface area contributed by atoms with Gasteiger partial charge in [0, 0.05) is 5.56 Å². The van der Waals surface area contributed by atoms with E-state index in [9.17, 15) is 4.79 Å². The van der Waals surface area contributed by atoms with Crippen molar-refractivity contribution in [3.05, 3.63) is 35.9 Å². The van der Waals surface area contributed by atoms with E-state index in [1.807, 2.05) is 6.07 Å². The van der Waals surface area contributed by atoms with Gasteiger partial charge in [0.05, 0.1) is 0 Å². The van der Waals surface area contributed by atoms with Crippen LogP contribution in [-0.4, -0.2) is 5.24 Å². The number of carbonyl (C=O) groups excluding carboxylic acids is 1. The molecule has 9 heavy (non-hydrogen) atoms. The number of benzene rings is 1. The van der Waals surface area contributed by atoms with Gasteiger partial charge in [-0.05, 0) is 11.6 Å². The molecule has 0 bridgehead atoms. The Morgan fingerprint density at radius 3 is 2.11 bits per heavy atom. The first-order valence-corrected chi connectivity index (χ1v) is 2.93. The van der Waals surface area contributed by atoms with Crippen molar-refractivity contribution >= 4 is 16.8 Å². The quantitative estimate of drug-likeness (QED) is 0.555. The van der Waals surface area contributed by atoms with Crippen molar-refractivity contribution in [1.29, 1.82) is 0 Å². The van der Waals surface area contributed by atoms with Crippen LogP contribution in [0.2, 0.25) is 0 Å². The van der Waals surface area contributed by atoms with Crippen molar-refractivity contribution in [3.8, 4) is 0 Å². The molecule has 2 heteroatoms. The number of carbonyl (C=O) groups is 1. The van der Waals surface area contributed by atoms with Gasteiger partial charge in [-0.15, -0.1) is 0 Å². The summed E-state index contributed by atoms with van der Waals surface area (Å²) >= 11 is 5.16. The second-order valence-corrected chi connectivity index (χ2v) is 1.98. The van der Waals surface area contributed by atoms with E-state index >= 15 is 0 Å². The number of halogens is 1. The SMILES string of the molecule is O=C(Cl)[13c]1[13cH][13cH][13cH][13cH][13cH]1. The fraction of sp³-hybridized carbons (Fsp3) is 0. The fourth-order valence-corrected chi connectivity index (χ4v) is 0.695. The summed E-state index contributed by atoms with van der Waals surface area (Å²) in [4.78, 5) is 10.4. The van der Waals surface area contributed by atoms with Crippen molar-refractivity contribution in [2.24, 2.45) is 0 Å². The first-order valence-electron chi connectivity index (χ1n) is 2.55. The lowest BCUT2D eigenvalue weighted by Crippen LogP contribution is -1.84. The Labute approximate surface area is 58.3 Å². The minimum Gasteiger partial charge on any atom is -0.276 e. The largest absolute Gasteiger partial charge is 0.276 e. The van der Waals surface area contributed by atoms with E-state index in [0.717, 1.165) is 0 Å². The van der Waals surface area contributed by atoms with Crippen LogP contribution >= 0.6 is 11.6 Å². The van der Waals surface area contributed by atoms with Crippen LogP contribution in [0.5, 0.6) is 0 Å². The molecule has 0 spiro atoms. The van der Waals surface area contributed by atoms with Gasteiger partial charge in [-0.2, -0.15) is 0 Å². The third kappa shape index (κ3) is 1.54. The molecule has 0 unspecified atom stereocenters. The Bertz CT molecular complexity index is 205. The Morgan fingerprint density at radius 1 is 1.22 bits per heavy atom. The van der Waals surface area contributed by atoms with Crippen LogP contribution in [-0.2, 0) is 0 Å². The fourth-order valence-electron chi connectivity index (χ4n) is 0.569. The van der Waals surface area contributed by atoms with Gasteiger partial charge in [-0.3, -0.25) is 4.79 Å². The van der Waals surface area contributed by atoms with Crippen molar-refractivity contribution in [2.45, 2.75) is 0 Å². The summed E-state index contributed by atoms with van der Waals surface area (Å²) in [5.41, 5.74) is 0.541. The summed E-state index contributed by atoms with van der Waals surface area (Å²) in [7, 11) is 0. The Hall–Kier alpha value is -0.820. The molecular formula is C7H5ClO. The molecule has 0 aliphatic rings. The van der Waals surface area contributed by atoms with Gasteiger partial charge in [0.2, 0.25) is 0 Å². The van der Waals surface area contributed by atoms with E-state index in [0.29, 0.717) is 5.56 Å². The van der Waals surface area contributed by atoms with Crippen LogP contribution in [0.25, 0.3) is 0 Å². The molecule has 1 rings (SSSR count). The van der Waals surface area contributed by atoms with Gasteiger partial charge in [0.15, 0.2) is 0 Å². The average molecular weight is 147 g/mol. The van der Waals surface area contributed by atoms with Crippen LogP contribution in [0.15, 0.2) is 30.3 Å². The van der Waals surface area contributed by atoms with Gasteiger partial charge in [-0.25, -0.2) is 0 Å². The van der Waals surface area contributed by atoms with Crippen LogP contribution in [0.1, 0.15) is 10.4 Å². The van der Waals surface area contributed by atoms with Crippen LogP contribution in [0, 0.1) is 0 Å². The minimum atomic E-state index is -0.407. The maximum atomic E-state index is 10.4. The van der Waals surface area contributed by atoms with Gasteiger partial charge in [-0.1, -0.05) is 30.3 Å². The van der Waals surface area contributed by atoms with Crippen LogP contribution in [0.3, 0.4) is 0 Å². The zero-order valence-electron chi connectivity index (χ0n) is 4.67. The molecule has 0 fully saturated rings. The molecule has 0 saturated carbocycles. The monoisotopic (exact) mass is 146 g/mol. The first kappa shape index (κ1) is 6.30. The smallest absolute Gasteiger partial charge is 0.252 e. The highest BCUT2D eigenvalue weighted by atomic mass is 35.5. The summed E-state index contributed by atoms with van der Waals surface area (Å²) in [6.07, 6.45) is 0. The maximum Gasteiger partial charge on any atom is 0.252 e. The van der Waals surface area contributed by atoms with Crippen molar-refractivity contribution < 1.29 is 4.79 Å². The van der Waals surface area contributed by atoms with Crippen LogP contribution in [0.4, 0.5) is 0 Å². The molecule has 0 amide bonds. The average Bonchev–Trinajstić information content (AvgIpc) is 1.90. The minimum absolute atomic E-state index is 0.407. The maximum absolute atomic E-state index is 10.4. The van der Waals surface area contributed by atoms with E-state index in [4.69, 9.17) is 11.6 Å². The van der Waals surface area contributed by atoms with E-state index < -0.39 is 5.24 Å². The zero-order chi connectivity index (χ0) is 6.69. The lowest BCUT2D eigenvalue weighted by Gasteiger charge is -1.87. The lowest BCUT2D eigenvalue weighted by molar-refractivity contribution is 0.108. The van der Waals surface area contributed by atoms with Crippen molar-refractivity contribution in [1.82, 2.24) is 0 Å². The van der Waals surface area contributed by atoms with Crippen molar-refractivity contribution in [3.63, 3.8) is 0 Å². The Balaban J connectivity index is 2.98. The summed E-state index contributed by atoms with van der Waals surface area (Å²) in [6, 6.07) is 8.74. The van der Waals surface area contributed by atoms with E-state index in [-0.39, 0.29) is 0 Å². The highest BCUT2D eigenvalue weighted by Crippen LogP contribution is 2.01. The molecule has 1 nitrogen and oxygen atoms in total. The zero-order valence-corrected chi connectivity index (χ0v) is 5.43. The molecule has 1 aromatic carbocycles. The molecule has 0 radical (unpaired) electrons. The number of hydrogen-bond donors (Lipinski definition) is 0. The van der Waals surface area contributed by atoms with Gasteiger partial charge in [0.1, 0.15) is 0 Å². The van der Waals surface area contributed by atoms with Gasteiger partial charge >= 0.3 is 0 Å². The predicted octanol–water partition coefficient (Wildman–Crippen LogP) is 2.07. The van der Waals surface area contributed by atoms with Crippen LogP contribution < -0.4 is 0 Å². The third-order valence-corrected chi connectivity index (χ3v) is 1.22. The number of hydrogen-bond acceptors (Lipinski definition) is 1. The molecule has 0 N–H and O–H groups in total. The molecule has 0 heterocycles. The topological polar surface area (TPSA) is 17.1 Å². The van der Waals surface area contributed by atoms with Gasteiger partial charge in [0.25, 0.3) is 5.24 Å². The lowest BCUT2D eigenvalue weighted by atomic mass is 11.0. The van der Waals surface area contributed by atoms with Crippen molar-refractivity contribution in [2.75, 3.05) is 0 Å². The highest BCUT2D eigenvalue weighted by Gasteiger charge is 1.95. The molecule has 0 aliphatic carbocycles. The normalized spacial score (nSPS) is 9.00. The molecular weight excluding hydrogens is 141 g/mol. The summed E-state index contributed by atoms with van der Waals surface area (Å²) in [6.45, 7) is 0. The number of rotatable bonds is 1. The third-order valence-electron chi connectivity index (χ3n) is 1.00. The molecule has 46 valence electrons. The summed E-state index contributed by atoms with van der Waals surface area (Å²) in [5, 5.41) is -0.407. The van der Waals surface area contributed by atoms with E-state index in [1.165, 1.54) is 0 Å². The van der Waals surface area contributed by atoms with E-state index in [2.05, 4.69) is 0 Å². The highest BCUT2D eigenvalue weighted by molar-refractivity contribution is 6.67. The predicted molar refractivity (Wildman–Crippen MR) is 36.6 cm³/mol. The Kier molecular flexibility index (Phi) is 1.85. The standard InChI is InChI=1S/C7H5ClO/c8-7(9)6-4-2-1-3-5-6/h1-5H/i1+1,2+1,3+1,4+1,5+1,6+1. The Morgan fingerprint density at radius 2 is 1.78 bits per heavy atom.